The minimum atomic E-state index is -4.76. The molecule has 9 heterocycles. The number of amides is 1. The molecular weight excluding hydrogens is 915 g/mol. The molecule has 7 aliphatic heterocycles. The Balaban J connectivity index is 0.897. The predicted molar refractivity (Wildman–Crippen MR) is 260 cm³/mol. The number of aromatic amines is 1. The molecule has 18 nitrogen and oxygen atoms in total. The molecule has 5 saturated heterocycles. The summed E-state index contributed by atoms with van der Waals surface area (Å²) in [6, 6.07) is 18.5. The van der Waals surface area contributed by atoms with E-state index >= 15 is 8.42 Å². The zero-order chi connectivity index (χ0) is 47.8. The fourth-order valence-corrected chi connectivity index (χ4v) is 14.9. The first kappa shape index (κ1) is 44.0. The van der Waals surface area contributed by atoms with E-state index in [-0.39, 0.29) is 81.8 Å². The molecule has 366 valence electrons. The third-order valence-electron chi connectivity index (χ3n) is 16.5. The van der Waals surface area contributed by atoms with E-state index in [1.807, 2.05) is 12.1 Å². The zero-order valence-electron chi connectivity index (χ0n) is 39.2. The molecule has 0 unspecified atom stereocenters. The van der Waals surface area contributed by atoms with E-state index in [0.717, 1.165) is 56.6 Å². The third-order valence-corrected chi connectivity index (χ3v) is 18.3. The number of nitro benzene ring substituents is 1. The van der Waals surface area contributed by atoms with E-state index in [1.54, 1.807) is 23.2 Å². The number of nitrogens with zero attached hydrogens (tertiary/aromatic N) is 6. The molecule has 2 aromatic heterocycles. The fraction of sp³-hybridized carbons (Fsp3) is 0.490. The lowest BCUT2D eigenvalue weighted by atomic mass is 9.60. The lowest BCUT2D eigenvalue weighted by molar-refractivity contribution is -0.384. The predicted octanol–water partition coefficient (Wildman–Crippen LogP) is 6.28. The number of likely N-dealkylation sites (tertiary alicyclic amines) is 2. The summed E-state index contributed by atoms with van der Waals surface area (Å²) in [4.78, 5) is 42.6. The van der Waals surface area contributed by atoms with Gasteiger partial charge in [0.1, 0.15) is 28.9 Å². The molecule has 5 aromatic rings. The van der Waals surface area contributed by atoms with Crippen molar-refractivity contribution in [2.45, 2.75) is 104 Å². The second-order valence-electron chi connectivity index (χ2n) is 21.2. The molecule has 3 aromatic carbocycles. The average molecular weight is 972 g/mol. The van der Waals surface area contributed by atoms with Gasteiger partial charge in [0.2, 0.25) is 15.7 Å². The number of pyridine rings is 1. The van der Waals surface area contributed by atoms with Crippen LogP contribution < -0.4 is 30.3 Å². The number of nitrogens with one attached hydrogen (secondary N) is 2. The number of aromatic nitrogens is 2. The molecule has 0 radical (unpaired) electrons. The minimum absolute atomic E-state index is 0.0371. The molecule has 1 spiro atoms. The molecule has 1 saturated carbocycles. The Bertz CT molecular complexity index is 3080. The van der Waals surface area contributed by atoms with Gasteiger partial charge in [-0.2, -0.15) is 4.98 Å². The summed E-state index contributed by atoms with van der Waals surface area (Å²) in [5, 5.41) is 17.1. The van der Waals surface area contributed by atoms with Gasteiger partial charge < -0.3 is 44.8 Å². The maximum atomic E-state index is 16.0. The van der Waals surface area contributed by atoms with Crippen LogP contribution in [0.5, 0.6) is 11.6 Å². The number of ether oxygens (including phenoxy) is 4. The fourth-order valence-electron chi connectivity index (χ4n) is 13.2. The smallest absolute Gasteiger partial charge is 0.297 e. The van der Waals surface area contributed by atoms with Crippen LogP contribution in [0.3, 0.4) is 0 Å². The Kier molecular flexibility index (Phi) is 10.2. The van der Waals surface area contributed by atoms with Gasteiger partial charge in [-0.15, -0.1) is 0 Å². The molecule has 1 aliphatic carbocycles. The van der Waals surface area contributed by atoms with Crippen LogP contribution in [0.25, 0.3) is 11.0 Å². The van der Waals surface area contributed by atoms with Crippen molar-refractivity contribution in [1.29, 1.82) is 0 Å². The second kappa shape index (κ2) is 16.3. The number of primary amides is 1. The summed E-state index contributed by atoms with van der Waals surface area (Å²) in [6.45, 7) is 9.28. The highest BCUT2D eigenvalue weighted by molar-refractivity contribution is 7.91. The van der Waals surface area contributed by atoms with Crippen LogP contribution in [0.4, 0.5) is 28.4 Å². The number of nitrogens with two attached hydrogens (primary N) is 1. The van der Waals surface area contributed by atoms with E-state index in [0.29, 0.717) is 61.3 Å². The summed E-state index contributed by atoms with van der Waals surface area (Å²) >= 11 is 0. The molecule has 1 amide bonds. The lowest BCUT2D eigenvalue weighted by Gasteiger charge is -2.62. The highest BCUT2D eigenvalue weighted by atomic mass is 32.2. The van der Waals surface area contributed by atoms with Gasteiger partial charge in [0.05, 0.1) is 64.8 Å². The minimum Gasteiger partial charge on any atom is -0.489 e. The van der Waals surface area contributed by atoms with E-state index in [2.05, 4.69) is 63.1 Å². The van der Waals surface area contributed by atoms with Crippen LogP contribution in [0, 0.1) is 15.5 Å². The Morgan fingerprint density at radius 2 is 1.87 bits per heavy atom. The lowest BCUT2D eigenvalue weighted by Crippen LogP contribution is -2.66. The summed E-state index contributed by atoms with van der Waals surface area (Å²) in [7, 11) is -4.76. The summed E-state index contributed by atoms with van der Waals surface area (Å²) in [5.41, 5.74) is 10.1. The molecule has 6 atom stereocenters. The highest BCUT2D eigenvalue weighted by Gasteiger charge is 2.56. The van der Waals surface area contributed by atoms with Gasteiger partial charge in [0, 0.05) is 73.4 Å². The number of morpholine rings is 1. The van der Waals surface area contributed by atoms with Gasteiger partial charge in [0.15, 0.2) is 11.4 Å². The van der Waals surface area contributed by atoms with Crippen LogP contribution in [0.1, 0.15) is 79.4 Å². The van der Waals surface area contributed by atoms with Gasteiger partial charge in [-0.3, -0.25) is 24.7 Å². The van der Waals surface area contributed by atoms with Crippen molar-refractivity contribution in [3.8, 4) is 11.6 Å². The van der Waals surface area contributed by atoms with Crippen molar-refractivity contribution in [2.75, 3.05) is 74.3 Å². The number of anilines is 4. The molecule has 6 fully saturated rings. The zero-order valence-corrected chi connectivity index (χ0v) is 40.0. The number of fused-ring (bicyclic) bond motifs is 6. The summed E-state index contributed by atoms with van der Waals surface area (Å²) in [6.07, 6.45) is 6.54. The number of nitro groups is 1. The van der Waals surface area contributed by atoms with Gasteiger partial charge in [-0.1, -0.05) is 38.1 Å². The van der Waals surface area contributed by atoms with Crippen LogP contribution >= 0.6 is 0 Å². The second-order valence-corrected chi connectivity index (χ2v) is 23.0. The third kappa shape index (κ3) is 6.97. The first-order valence-electron chi connectivity index (χ1n) is 24.7. The van der Waals surface area contributed by atoms with Crippen molar-refractivity contribution in [1.82, 2.24) is 19.8 Å². The Morgan fingerprint density at radius 3 is 2.64 bits per heavy atom. The van der Waals surface area contributed by atoms with Gasteiger partial charge in [-0.05, 0) is 80.0 Å². The number of sulfone groups is 1. The highest BCUT2D eigenvalue weighted by Crippen LogP contribution is 2.57. The number of carbonyl (C=O) groups excluding carboxylic acids is 1. The van der Waals surface area contributed by atoms with E-state index in [1.165, 1.54) is 17.2 Å². The number of rotatable bonds is 11. The quantitative estimate of drug-likeness (QED) is 0.0983. The van der Waals surface area contributed by atoms with Crippen molar-refractivity contribution in [3.63, 3.8) is 0 Å². The molecule has 8 aliphatic rings. The maximum absolute atomic E-state index is 16.0. The standard InChI is InChI=1S/C51H57N9O9S/c1-28(2)35-6-3-4-7-36(35)38-8-5-13-58(38)32-18-51(19-32)26-57(27-51)39-10-9-37(48(52)61)46(59-41-14-29-11-12-53-49(29)55-50(41)69-44-25-66-24-42(44)59)47(39)70(64,65)34-16-40(60(62)63)45-43(17-34)68-22-30(54-45)20-56-21-33-15-31(56)23-67-33/h3-4,6-7,9-12,14,16-17,28,30-33,38,42,44,54H,5,8,13,15,18-27H2,1-2H3,(H2,52,61)(H,53,55)/t30-,31-,33-,38+,42-,44-/m1/s1. The van der Waals surface area contributed by atoms with Crippen LogP contribution in [-0.2, 0) is 19.3 Å². The van der Waals surface area contributed by atoms with Crippen LogP contribution in [0.15, 0.2) is 76.7 Å². The van der Waals surface area contributed by atoms with E-state index < -0.39 is 38.5 Å². The molecule has 13 rings (SSSR count). The number of H-pyrrole nitrogens is 1. The number of hydrogen-bond donors (Lipinski definition) is 3. The number of carbonyl (C=O) groups is 1. The summed E-state index contributed by atoms with van der Waals surface area (Å²) in [5.74, 6) is -0.125. The number of benzene rings is 3. The normalized spacial score (nSPS) is 26.9. The van der Waals surface area contributed by atoms with Crippen LogP contribution in [-0.4, -0.2) is 135 Å². The van der Waals surface area contributed by atoms with Gasteiger partial charge in [-0.25, -0.2) is 8.42 Å². The first-order valence-corrected chi connectivity index (χ1v) is 26.2. The SMILES string of the molecule is CC(C)c1ccccc1[C@@H]1CCCN1C1CC2(C1)CN(c1ccc(C(N)=O)c(N3c4cc5cc[nH]c5nc4O[C@@H]4COC[C@H]43)c1S(=O)(=O)c1cc3c(c([N+](=O)[O-])c1)N[C@H](CN1C[C@H]4C[C@@H]1CO4)CO3)C2. The molecule has 70 heavy (non-hydrogen) atoms. The van der Waals surface area contributed by atoms with Gasteiger partial charge >= 0.3 is 0 Å². The molecule has 4 N–H and O–H groups in total. The van der Waals surface area contributed by atoms with Crippen molar-refractivity contribution < 1.29 is 37.1 Å². The molecule has 19 heteroatoms. The Morgan fingerprint density at radius 1 is 1.03 bits per heavy atom. The van der Waals surface area contributed by atoms with Crippen molar-refractivity contribution >= 4 is 55.2 Å². The average Bonchev–Trinajstić information content (AvgIpc) is 4.19. The van der Waals surface area contributed by atoms with Crippen molar-refractivity contribution in [2.24, 2.45) is 11.1 Å². The first-order chi connectivity index (χ1) is 33.8. The van der Waals surface area contributed by atoms with E-state index in [9.17, 15) is 14.9 Å². The molecular formula is C51H57N9O9S. The Labute approximate surface area is 405 Å². The van der Waals surface area contributed by atoms with Crippen molar-refractivity contribution in [3.05, 3.63) is 93.7 Å². The monoisotopic (exact) mass is 971 g/mol. The Hall–Kier alpha value is -5.99. The topological polar surface area (TPSA) is 211 Å². The number of hydrogen-bond acceptors (Lipinski definition) is 15. The van der Waals surface area contributed by atoms with Gasteiger partial charge in [0.25, 0.3) is 11.6 Å². The maximum Gasteiger partial charge on any atom is 0.297 e. The van der Waals surface area contributed by atoms with E-state index in [4.69, 9.17) is 29.7 Å². The largest absolute Gasteiger partial charge is 0.489 e. The molecule has 2 bridgehead atoms. The summed E-state index contributed by atoms with van der Waals surface area (Å²) < 4.78 is 56.6. The van der Waals surface area contributed by atoms with Crippen LogP contribution in [0.2, 0.25) is 0 Å².